The van der Waals surface area contributed by atoms with Crippen molar-refractivity contribution in [3.63, 3.8) is 0 Å². The van der Waals surface area contributed by atoms with E-state index >= 15 is 0 Å². The summed E-state index contributed by atoms with van der Waals surface area (Å²) in [5.74, 6) is -0.0144. The Bertz CT molecular complexity index is 437. The van der Waals surface area contributed by atoms with Gasteiger partial charge in [0.25, 0.3) is 0 Å². The third kappa shape index (κ3) is 3.66. The lowest BCUT2D eigenvalue weighted by Gasteiger charge is -2.18. The van der Waals surface area contributed by atoms with Crippen molar-refractivity contribution in [3.05, 3.63) is 35.4 Å². The maximum atomic E-state index is 11.1. The van der Waals surface area contributed by atoms with Crippen LogP contribution >= 0.6 is 0 Å². The quantitative estimate of drug-likeness (QED) is 0.798. The predicted molar refractivity (Wildman–Crippen MR) is 62.0 cm³/mol. The molecule has 1 aromatic carbocycles. The number of aliphatic hydroxyl groups excluding tert-OH is 2. The Morgan fingerprint density at radius 2 is 2.06 bits per heavy atom. The maximum Gasteiger partial charge on any atom is 0.134 e. The molecule has 2 N–H and O–H groups in total. The molecule has 0 radical (unpaired) electrons. The second-order valence-corrected chi connectivity index (χ2v) is 3.95. The molecule has 0 amide bonds. The van der Waals surface area contributed by atoms with E-state index in [2.05, 4.69) is 0 Å². The number of ketones is 1. The van der Waals surface area contributed by atoms with Crippen LogP contribution in [-0.2, 0) is 11.2 Å². The summed E-state index contributed by atoms with van der Waals surface area (Å²) in [5.41, 5.74) is 1.19. The van der Waals surface area contributed by atoms with Gasteiger partial charge in [-0.3, -0.25) is 4.79 Å². The summed E-state index contributed by atoms with van der Waals surface area (Å²) in [7, 11) is 0. The fourth-order valence-electron chi connectivity index (χ4n) is 1.66. The zero-order valence-electron chi connectivity index (χ0n) is 9.63. The van der Waals surface area contributed by atoms with Crippen LogP contribution in [-0.4, -0.2) is 22.1 Å². The van der Waals surface area contributed by atoms with Gasteiger partial charge in [-0.2, -0.15) is 5.26 Å². The molecule has 4 nitrogen and oxygen atoms in total. The van der Waals surface area contributed by atoms with Gasteiger partial charge in [-0.1, -0.05) is 24.3 Å². The zero-order valence-corrected chi connectivity index (χ0v) is 9.63. The van der Waals surface area contributed by atoms with E-state index in [1.807, 2.05) is 0 Å². The number of hydrogen-bond donors (Lipinski definition) is 2. The maximum absolute atomic E-state index is 11.1. The van der Waals surface area contributed by atoms with E-state index in [-0.39, 0.29) is 18.6 Å². The molecule has 1 rings (SSSR count). The lowest BCUT2D eigenvalue weighted by Crippen LogP contribution is -2.19. The molecule has 0 saturated carbocycles. The van der Waals surface area contributed by atoms with E-state index in [1.54, 1.807) is 30.3 Å². The first-order valence-electron chi connectivity index (χ1n) is 5.36. The van der Waals surface area contributed by atoms with E-state index in [9.17, 15) is 15.0 Å². The Kier molecular flexibility index (Phi) is 4.83. The number of rotatable bonds is 5. The Balaban J connectivity index is 2.96. The molecule has 0 aliphatic heterocycles. The van der Waals surface area contributed by atoms with Gasteiger partial charge in [0.1, 0.15) is 11.9 Å². The molecule has 17 heavy (non-hydrogen) atoms. The van der Waals surface area contributed by atoms with Crippen molar-refractivity contribution in [2.24, 2.45) is 0 Å². The second kappa shape index (κ2) is 6.14. The minimum absolute atomic E-state index is 0.0144. The Hall–Kier alpha value is -1.70. The molecule has 0 spiro atoms. The van der Waals surface area contributed by atoms with E-state index < -0.39 is 12.2 Å². The van der Waals surface area contributed by atoms with Gasteiger partial charge in [-0.15, -0.1) is 0 Å². The molecule has 0 aliphatic rings. The van der Waals surface area contributed by atoms with Crippen molar-refractivity contribution < 1.29 is 15.0 Å². The molecular formula is C13H15NO3. The molecular weight excluding hydrogens is 218 g/mol. The summed E-state index contributed by atoms with van der Waals surface area (Å²) in [4.78, 5) is 11.1. The van der Waals surface area contributed by atoms with Crippen molar-refractivity contribution >= 4 is 5.78 Å². The van der Waals surface area contributed by atoms with E-state index in [4.69, 9.17) is 5.26 Å². The predicted octanol–water partition coefficient (Wildman–Crippen LogP) is 1.13. The monoisotopic (exact) mass is 233 g/mol. The number of nitrogens with zero attached hydrogens (tertiary/aromatic N) is 1. The van der Waals surface area contributed by atoms with Gasteiger partial charge in [0.15, 0.2) is 0 Å². The molecule has 0 fully saturated rings. The summed E-state index contributed by atoms with van der Waals surface area (Å²) in [5, 5.41) is 27.9. The third-order valence-electron chi connectivity index (χ3n) is 2.48. The van der Waals surface area contributed by atoms with E-state index in [0.717, 1.165) is 0 Å². The van der Waals surface area contributed by atoms with Gasteiger partial charge in [0.05, 0.1) is 18.6 Å². The molecule has 0 saturated heterocycles. The topological polar surface area (TPSA) is 81.3 Å². The summed E-state index contributed by atoms with van der Waals surface area (Å²) < 4.78 is 0. The van der Waals surface area contributed by atoms with Crippen molar-refractivity contribution in [1.82, 2.24) is 0 Å². The first-order valence-corrected chi connectivity index (χ1v) is 5.36. The van der Waals surface area contributed by atoms with Crippen molar-refractivity contribution in [1.29, 1.82) is 5.26 Å². The highest BCUT2D eigenvalue weighted by Crippen LogP contribution is 2.23. The van der Waals surface area contributed by atoms with Crippen molar-refractivity contribution in [2.75, 3.05) is 0 Å². The molecule has 4 heteroatoms. The summed E-state index contributed by atoms with van der Waals surface area (Å²) in [6, 6.07) is 8.69. The Morgan fingerprint density at radius 3 is 2.65 bits per heavy atom. The fourth-order valence-corrected chi connectivity index (χ4v) is 1.66. The van der Waals surface area contributed by atoms with E-state index in [1.165, 1.54) is 6.92 Å². The van der Waals surface area contributed by atoms with Crippen LogP contribution in [0, 0.1) is 11.3 Å². The van der Waals surface area contributed by atoms with Crippen LogP contribution in [0.5, 0.6) is 0 Å². The van der Waals surface area contributed by atoms with Gasteiger partial charge in [0, 0.05) is 6.42 Å². The van der Waals surface area contributed by atoms with Crippen LogP contribution < -0.4 is 0 Å². The average molecular weight is 233 g/mol. The van der Waals surface area contributed by atoms with Gasteiger partial charge in [-0.05, 0) is 18.1 Å². The molecule has 1 aromatic rings. The normalized spacial score (nSPS) is 13.8. The summed E-state index contributed by atoms with van der Waals surface area (Å²) >= 11 is 0. The number of hydrogen-bond acceptors (Lipinski definition) is 4. The van der Waals surface area contributed by atoms with Crippen LogP contribution in [0.3, 0.4) is 0 Å². The van der Waals surface area contributed by atoms with Gasteiger partial charge < -0.3 is 10.2 Å². The van der Waals surface area contributed by atoms with Gasteiger partial charge >= 0.3 is 0 Å². The minimum atomic E-state index is -1.13. The molecule has 0 heterocycles. The van der Waals surface area contributed by atoms with Crippen LogP contribution in [0.4, 0.5) is 0 Å². The van der Waals surface area contributed by atoms with E-state index in [0.29, 0.717) is 11.1 Å². The first-order chi connectivity index (χ1) is 8.06. The van der Waals surface area contributed by atoms with Crippen LogP contribution in [0.15, 0.2) is 24.3 Å². The first kappa shape index (κ1) is 13.4. The van der Waals surface area contributed by atoms with Gasteiger partial charge in [0.2, 0.25) is 0 Å². The fraction of sp³-hybridized carbons (Fsp3) is 0.385. The third-order valence-corrected chi connectivity index (χ3v) is 2.48. The van der Waals surface area contributed by atoms with Crippen molar-refractivity contribution in [2.45, 2.75) is 32.0 Å². The minimum Gasteiger partial charge on any atom is -0.389 e. The Morgan fingerprint density at radius 1 is 1.41 bits per heavy atom. The average Bonchev–Trinajstić information content (AvgIpc) is 2.28. The van der Waals surface area contributed by atoms with Crippen LogP contribution in [0.1, 0.15) is 30.6 Å². The molecule has 2 unspecified atom stereocenters. The highest BCUT2D eigenvalue weighted by molar-refractivity contribution is 5.78. The number of carbonyl (C=O) groups is 1. The number of Topliss-reactive ketones (excluding diaryl/α,β-unsaturated/α-hetero) is 1. The molecule has 0 bridgehead atoms. The SMILES string of the molecule is CC(=O)Cc1ccccc1C(O)C(O)CC#N. The largest absolute Gasteiger partial charge is 0.389 e. The second-order valence-electron chi connectivity index (χ2n) is 3.95. The lowest BCUT2D eigenvalue weighted by atomic mass is 9.95. The molecule has 0 aromatic heterocycles. The number of benzene rings is 1. The lowest BCUT2D eigenvalue weighted by molar-refractivity contribution is -0.116. The Labute approximate surface area is 100 Å². The zero-order chi connectivity index (χ0) is 12.8. The number of aliphatic hydroxyl groups is 2. The summed E-state index contributed by atoms with van der Waals surface area (Å²) in [6.45, 7) is 1.47. The number of nitriles is 1. The van der Waals surface area contributed by atoms with Gasteiger partial charge in [-0.25, -0.2) is 0 Å². The molecule has 90 valence electrons. The van der Waals surface area contributed by atoms with Crippen LogP contribution in [0.25, 0.3) is 0 Å². The standard InChI is InChI=1S/C13H15NO3/c1-9(15)8-10-4-2-3-5-11(10)13(17)12(16)6-7-14/h2-5,12-13,16-17H,6,8H2,1H3. The van der Waals surface area contributed by atoms with Crippen LogP contribution in [0.2, 0.25) is 0 Å². The number of carbonyl (C=O) groups excluding carboxylic acids is 1. The molecule has 0 aliphatic carbocycles. The highest BCUT2D eigenvalue weighted by atomic mass is 16.3. The summed E-state index contributed by atoms with van der Waals surface area (Å²) in [6.07, 6.45) is -2.19. The van der Waals surface area contributed by atoms with Crippen molar-refractivity contribution in [3.8, 4) is 6.07 Å². The molecule has 2 atom stereocenters. The highest BCUT2D eigenvalue weighted by Gasteiger charge is 2.20. The smallest absolute Gasteiger partial charge is 0.134 e.